The number of aryl methyl sites for hydroxylation is 1. The van der Waals surface area contributed by atoms with E-state index in [1.54, 1.807) is 12.1 Å². The van der Waals surface area contributed by atoms with Crippen molar-refractivity contribution in [2.45, 2.75) is 19.4 Å². The van der Waals surface area contributed by atoms with Crippen LogP contribution in [0.4, 0.5) is 5.69 Å². The van der Waals surface area contributed by atoms with E-state index in [1.807, 2.05) is 22.8 Å². The number of hydrogen-bond donors (Lipinski definition) is 3. The Morgan fingerprint density at radius 1 is 1.26 bits per heavy atom. The van der Waals surface area contributed by atoms with Crippen molar-refractivity contribution >= 4 is 34.5 Å². The molecule has 2 aromatic heterocycles. The summed E-state index contributed by atoms with van der Waals surface area (Å²) < 4.78 is 1.83. The first kappa shape index (κ1) is 16.8. The topological polar surface area (TPSA) is 117 Å². The summed E-state index contributed by atoms with van der Waals surface area (Å²) in [6, 6.07) is 9.02. The average molecular weight is 364 g/mol. The number of para-hydroxylation sites is 1. The zero-order chi connectivity index (χ0) is 19.0. The summed E-state index contributed by atoms with van der Waals surface area (Å²) in [5.74, 6) is -1.42. The van der Waals surface area contributed by atoms with Crippen molar-refractivity contribution in [1.82, 2.24) is 14.5 Å². The van der Waals surface area contributed by atoms with E-state index in [-0.39, 0.29) is 22.8 Å². The lowest BCUT2D eigenvalue weighted by atomic mass is 10.2. The van der Waals surface area contributed by atoms with Gasteiger partial charge in [-0.2, -0.15) is 0 Å². The number of carbonyl (C=O) groups is 2. The van der Waals surface area contributed by atoms with Crippen LogP contribution in [0.25, 0.3) is 17.0 Å². The molecule has 3 aromatic rings. The van der Waals surface area contributed by atoms with Crippen LogP contribution < -0.4 is 10.9 Å². The molecule has 8 nitrogen and oxygen atoms in total. The molecule has 27 heavy (non-hydrogen) atoms. The Bertz CT molecular complexity index is 1140. The highest BCUT2D eigenvalue weighted by Crippen LogP contribution is 2.29. The number of hydrogen-bond acceptors (Lipinski definition) is 4. The zero-order valence-corrected chi connectivity index (χ0v) is 14.2. The molecule has 1 aromatic carbocycles. The Morgan fingerprint density at radius 2 is 2.04 bits per heavy atom. The molecular weight excluding hydrogens is 348 g/mol. The van der Waals surface area contributed by atoms with Gasteiger partial charge in [0.2, 0.25) is 0 Å². The van der Waals surface area contributed by atoms with Crippen molar-refractivity contribution in [2.24, 2.45) is 0 Å². The molecule has 0 atom stereocenters. The van der Waals surface area contributed by atoms with Gasteiger partial charge in [-0.05, 0) is 31.1 Å². The normalized spacial score (nSPS) is 13.2. The van der Waals surface area contributed by atoms with Crippen LogP contribution in [-0.4, -0.2) is 31.5 Å². The fourth-order valence-corrected chi connectivity index (χ4v) is 3.41. The highest BCUT2D eigenvalue weighted by Gasteiger charge is 2.28. The highest BCUT2D eigenvalue weighted by atomic mass is 16.4. The van der Waals surface area contributed by atoms with Crippen LogP contribution in [-0.2, 0) is 17.8 Å². The second-order valence-corrected chi connectivity index (χ2v) is 6.22. The summed E-state index contributed by atoms with van der Waals surface area (Å²) in [4.78, 5) is 43.2. The number of carbonyl (C=O) groups excluding carboxylic acids is 1. The third-order valence-corrected chi connectivity index (χ3v) is 4.47. The van der Waals surface area contributed by atoms with Crippen LogP contribution >= 0.6 is 0 Å². The maximum Gasteiger partial charge on any atom is 0.328 e. The van der Waals surface area contributed by atoms with Crippen LogP contribution in [0.5, 0.6) is 0 Å². The van der Waals surface area contributed by atoms with Crippen molar-refractivity contribution in [1.29, 1.82) is 0 Å². The molecule has 136 valence electrons. The summed E-state index contributed by atoms with van der Waals surface area (Å²) in [5, 5.41) is 12.0. The summed E-state index contributed by atoms with van der Waals surface area (Å²) >= 11 is 0. The first-order chi connectivity index (χ1) is 13.0. The van der Waals surface area contributed by atoms with Gasteiger partial charge in [0.1, 0.15) is 17.0 Å². The third-order valence-electron chi connectivity index (χ3n) is 4.47. The minimum atomic E-state index is -1.15. The Kier molecular flexibility index (Phi) is 4.08. The molecule has 0 unspecified atom stereocenters. The number of nitrogens with one attached hydrogen (secondary N) is 2. The number of aromatic amines is 1. The maximum atomic E-state index is 12.9. The smallest absolute Gasteiger partial charge is 0.328 e. The van der Waals surface area contributed by atoms with E-state index in [4.69, 9.17) is 5.11 Å². The molecule has 4 rings (SSSR count). The number of aromatic nitrogens is 3. The van der Waals surface area contributed by atoms with Crippen molar-refractivity contribution < 1.29 is 14.7 Å². The van der Waals surface area contributed by atoms with Crippen molar-refractivity contribution in [2.75, 3.05) is 5.32 Å². The Balaban J connectivity index is 1.87. The number of rotatable bonds is 4. The number of fused-ring (bicyclic) bond motifs is 3. The summed E-state index contributed by atoms with van der Waals surface area (Å²) in [6.07, 6.45) is 3.61. The summed E-state index contributed by atoms with van der Waals surface area (Å²) in [6.45, 7) is 0.628. The van der Waals surface area contributed by atoms with Gasteiger partial charge < -0.3 is 20.0 Å². The molecule has 3 heterocycles. The van der Waals surface area contributed by atoms with E-state index in [2.05, 4.69) is 15.3 Å². The van der Waals surface area contributed by atoms with Gasteiger partial charge in [0.15, 0.2) is 0 Å². The maximum absolute atomic E-state index is 12.9. The Morgan fingerprint density at radius 3 is 2.78 bits per heavy atom. The molecule has 1 aliphatic heterocycles. The van der Waals surface area contributed by atoms with E-state index in [1.165, 1.54) is 6.08 Å². The van der Waals surface area contributed by atoms with Gasteiger partial charge in [0, 0.05) is 24.0 Å². The van der Waals surface area contributed by atoms with Gasteiger partial charge in [0.25, 0.3) is 11.5 Å². The van der Waals surface area contributed by atoms with E-state index in [0.29, 0.717) is 29.7 Å². The largest absolute Gasteiger partial charge is 0.478 e. The SMILES string of the molecule is O=C(O)/C=C\c1nc2c(C(=O)Nc3ccccc3)n3c(c2c(=O)[nH]1)CCC3. The van der Waals surface area contributed by atoms with Gasteiger partial charge in [-0.25, -0.2) is 9.78 Å². The molecule has 0 aliphatic carbocycles. The summed E-state index contributed by atoms with van der Waals surface area (Å²) in [7, 11) is 0. The molecule has 0 spiro atoms. The summed E-state index contributed by atoms with van der Waals surface area (Å²) in [5.41, 5.74) is 1.64. The average Bonchev–Trinajstić information content (AvgIpc) is 3.20. The fourth-order valence-electron chi connectivity index (χ4n) is 3.41. The zero-order valence-electron chi connectivity index (χ0n) is 14.2. The molecule has 1 aliphatic rings. The predicted molar refractivity (Wildman–Crippen MR) is 99.7 cm³/mol. The molecule has 3 N–H and O–H groups in total. The van der Waals surface area contributed by atoms with Crippen LogP contribution in [0, 0.1) is 0 Å². The van der Waals surface area contributed by atoms with Crippen LogP contribution in [0.3, 0.4) is 0 Å². The van der Waals surface area contributed by atoms with Crippen molar-refractivity contribution in [3.05, 3.63) is 64.0 Å². The van der Waals surface area contributed by atoms with Gasteiger partial charge in [-0.1, -0.05) is 18.2 Å². The second kappa shape index (κ2) is 6.56. The first-order valence-corrected chi connectivity index (χ1v) is 8.47. The standard InChI is InChI=1S/C19H16N4O4/c24-14(25)9-8-13-21-16-15(18(26)22-13)12-7-4-10-23(12)17(16)19(27)20-11-5-2-1-3-6-11/h1-3,5-6,8-9H,4,7,10H2,(H,20,27)(H,24,25)(H,21,22,26)/b9-8-. The monoisotopic (exact) mass is 364 g/mol. The van der Waals surface area contributed by atoms with Crippen molar-refractivity contribution in [3.63, 3.8) is 0 Å². The third kappa shape index (κ3) is 3.01. The molecule has 0 radical (unpaired) electrons. The molecule has 8 heteroatoms. The van der Waals surface area contributed by atoms with Gasteiger partial charge >= 0.3 is 5.97 Å². The van der Waals surface area contributed by atoms with Gasteiger partial charge in [0.05, 0.1) is 5.39 Å². The lowest BCUT2D eigenvalue weighted by molar-refractivity contribution is -0.131. The van der Waals surface area contributed by atoms with Crippen LogP contribution in [0.2, 0.25) is 0 Å². The Hall–Kier alpha value is -3.68. The molecule has 1 amide bonds. The van der Waals surface area contributed by atoms with E-state index < -0.39 is 5.97 Å². The van der Waals surface area contributed by atoms with E-state index in [0.717, 1.165) is 18.2 Å². The molecule has 0 fully saturated rings. The number of carboxylic acid groups (broad SMARTS) is 1. The first-order valence-electron chi connectivity index (χ1n) is 8.47. The number of aliphatic carboxylic acids is 1. The molecular formula is C19H16N4O4. The number of H-pyrrole nitrogens is 1. The predicted octanol–water partition coefficient (Wildman–Crippen LogP) is 2.02. The Labute approximate surface area is 153 Å². The lowest BCUT2D eigenvalue weighted by Gasteiger charge is -2.08. The second-order valence-electron chi connectivity index (χ2n) is 6.22. The fraction of sp³-hybridized carbons (Fsp3) is 0.158. The number of anilines is 1. The van der Waals surface area contributed by atoms with Gasteiger partial charge in [-0.3, -0.25) is 9.59 Å². The molecule has 0 saturated carbocycles. The number of carboxylic acids is 1. The number of benzene rings is 1. The van der Waals surface area contributed by atoms with E-state index in [9.17, 15) is 14.4 Å². The minimum absolute atomic E-state index is 0.0907. The molecule has 0 bridgehead atoms. The lowest BCUT2D eigenvalue weighted by Crippen LogP contribution is -2.17. The van der Waals surface area contributed by atoms with Crippen LogP contribution in [0.1, 0.15) is 28.4 Å². The highest BCUT2D eigenvalue weighted by molar-refractivity contribution is 6.12. The number of nitrogens with zero attached hydrogens (tertiary/aromatic N) is 2. The molecule has 0 saturated heterocycles. The number of amides is 1. The quantitative estimate of drug-likeness (QED) is 0.612. The minimum Gasteiger partial charge on any atom is -0.478 e. The van der Waals surface area contributed by atoms with Gasteiger partial charge in [-0.15, -0.1) is 0 Å². The van der Waals surface area contributed by atoms with E-state index >= 15 is 0 Å². The van der Waals surface area contributed by atoms with Crippen LogP contribution in [0.15, 0.2) is 41.2 Å². The van der Waals surface area contributed by atoms with Crippen molar-refractivity contribution in [3.8, 4) is 0 Å².